The number of hydrogen-bond acceptors (Lipinski definition) is 2. The minimum Gasteiger partial charge on any atom is -0.393 e. The van der Waals surface area contributed by atoms with Gasteiger partial charge in [-0.1, -0.05) is 38.0 Å². The van der Waals surface area contributed by atoms with E-state index in [1.165, 1.54) is 43.3 Å². The van der Waals surface area contributed by atoms with Crippen LogP contribution in [0.4, 0.5) is 0 Å². The molecule has 1 N–H and O–H groups in total. The zero-order chi connectivity index (χ0) is 21.0. The molecule has 162 valence electrons. The van der Waals surface area contributed by atoms with Gasteiger partial charge in [0.2, 0.25) is 0 Å². The number of hydrogen-bond donors (Lipinski definition) is 1. The first-order valence-corrected chi connectivity index (χ1v) is 12.2. The molecule has 8 atom stereocenters. The van der Waals surface area contributed by atoms with Gasteiger partial charge in [0.15, 0.2) is 5.78 Å². The lowest BCUT2D eigenvalue weighted by atomic mass is 9.46. The maximum atomic E-state index is 12.0. The maximum Gasteiger partial charge on any atom is 0.155 e. The number of ketones is 1. The van der Waals surface area contributed by atoms with Crippen LogP contribution in [0.3, 0.4) is 0 Å². The second kappa shape index (κ2) is 7.66. The first-order chi connectivity index (χ1) is 13.7. The summed E-state index contributed by atoms with van der Waals surface area (Å²) in [6.07, 6.45) is 14.3. The van der Waals surface area contributed by atoms with Crippen LogP contribution in [0.15, 0.2) is 23.3 Å². The number of carbonyl (C=O) groups excluding carboxylic acids is 1. The topological polar surface area (TPSA) is 37.3 Å². The Morgan fingerprint density at radius 1 is 1.14 bits per heavy atom. The molecule has 0 aromatic heterocycles. The number of aliphatic hydroxyl groups is 1. The van der Waals surface area contributed by atoms with Gasteiger partial charge >= 0.3 is 0 Å². The van der Waals surface area contributed by atoms with Crippen molar-refractivity contribution in [1.82, 2.24) is 0 Å². The van der Waals surface area contributed by atoms with Crippen LogP contribution in [0.25, 0.3) is 0 Å². The van der Waals surface area contributed by atoms with Gasteiger partial charge in [0.05, 0.1) is 6.10 Å². The normalized spacial score (nSPS) is 43.5. The van der Waals surface area contributed by atoms with E-state index in [9.17, 15) is 9.90 Å². The van der Waals surface area contributed by atoms with E-state index < -0.39 is 0 Å². The predicted octanol–water partition coefficient (Wildman–Crippen LogP) is 6.49. The smallest absolute Gasteiger partial charge is 0.155 e. The van der Waals surface area contributed by atoms with Crippen molar-refractivity contribution in [2.45, 2.75) is 98.5 Å². The molecule has 4 aliphatic rings. The zero-order valence-corrected chi connectivity index (χ0v) is 19.3. The number of fused-ring (bicyclic) bond motifs is 5. The molecule has 0 unspecified atom stereocenters. The fraction of sp³-hybridized carbons (Fsp3) is 0.815. The Kier molecular flexibility index (Phi) is 5.64. The van der Waals surface area contributed by atoms with Gasteiger partial charge in [-0.25, -0.2) is 0 Å². The molecule has 0 saturated heterocycles. The summed E-state index contributed by atoms with van der Waals surface area (Å²) in [4.78, 5) is 12.0. The second-order valence-electron chi connectivity index (χ2n) is 11.6. The van der Waals surface area contributed by atoms with E-state index in [-0.39, 0.29) is 11.5 Å². The number of allylic oxidation sites excluding steroid dienone is 2. The van der Waals surface area contributed by atoms with Crippen LogP contribution in [-0.2, 0) is 4.79 Å². The fourth-order valence-corrected chi connectivity index (χ4v) is 8.30. The summed E-state index contributed by atoms with van der Waals surface area (Å²) in [6.45, 7) is 11.6. The van der Waals surface area contributed by atoms with Crippen LogP contribution in [0, 0.1) is 40.4 Å². The van der Waals surface area contributed by atoms with Crippen LogP contribution < -0.4 is 0 Å². The van der Waals surface area contributed by atoms with Crippen molar-refractivity contribution < 1.29 is 9.90 Å². The Hall–Kier alpha value is -0.890. The summed E-state index contributed by atoms with van der Waals surface area (Å²) in [7, 11) is 0. The molecule has 0 spiro atoms. The number of carbonyl (C=O) groups is 1. The molecule has 0 aliphatic heterocycles. The van der Waals surface area contributed by atoms with Crippen molar-refractivity contribution in [3.63, 3.8) is 0 Å². The standard InChI is InChI=1S/C27H42O2/c1-17(2)6-11-25(29)18(3)22-9-10-23-21-8-7-19-16-20(28)12-14-26(19,4)24(21)13-15-27(22,23)5/h6,16,18,21-25,29H,7-15H2,1-5H3/t18-,21-,22+,23-,24-,25-,26-,27+/m0/s1. The third-order valence-corrected chi connectivity index (χ3v) is 10.0. The minimum absolute atomic E-state index is 0.217. The van der Waals surface area contributed by atoms with Crippen LogP contribution in [0.1, 0.15) is 92.4 Å². The van der Waals surface area contributed by atoms with E-state index in [1.807, 2.05) is 6.08 Å². The molecule has 29 heavy (non-hydrogen) atoms. The lowest BCUT2D eigenvalue weighted by Crippen LogP contribution is -2.51. The summed E-state index contributed by atoms with van der Waals surface area (Å²) in [5, 5.41) is 10.9. The highest BCUT2D eigenvalue weighted by molar-refractivity contribution is 5.91. The minimum atomic E-state index is -0.217. The third kappa shape index (κ3) is 3.48. The first-order valence-electron chi connectivity index (χ1n) is 12.2. The monoisotopic (exact) mass is 398 g/mol. The van der Waals surface area contributed by atoms with Gasteiger partial charge in [0.25, 0.3) is 0 Å². The molecule has 0 aromatic carbocycles. The fourth-order valence-electron chi connectivity index (χ4n) is 8.30. The van der Waals surface area contributed by atoms with Crippen molar-refractivity contribution in [1.29, 1.82) is 0 Å². The molecule has 2 heteroatoms. The Balaban J connectivity index is 1.54. The quantitative estimate of drug-likeness (QED) is 0.550. The van der Waals surface area contributed by atoms with Crippen LogP contribution in [0.2, 0.25) is 0 Å². The highest BCUT2D eigenvalue weighted by Gasteiger charge is 2.59. The summed E-state index contributed by atoms with van der Waals surface area (Å²) in [5.41, 5.74) is 3.43. The number of aliphatic hydroxyl groups excluding tert-OH is 1. The molecule has 0 amide bonds. The van der Waals surface area contributed by atoms with E-state index in [0.717, 1.165) is 43.4 Å². The molecule has 4 aliphatic carbocycles. The lowest BCUT2D eigenvalue weighted by Gasteiger charge is -2.58. The largest absolute Gasteiger partial charge is 0.393 e. The van der Waals surface area contributed by atoms with Gasteiger partial charge in [0.1, 0.15) is 0 Å². The summed E-state index contributed by atoms with van der Waals surface area (Å²) < 4.78 is 0. The van der Waals surface area contributed by atoms with Gasteiger partial charge in [0, 0.05) is 6.42 Å². The molecule has 3 saturated carbocycles. The lowest BCUT2D eigenvalue weighted by molar-refractivity contribution is -0.117. The van der Waals surface area contributed by atoms with Gasteiger partial charge in [-0.2, -0.15) is 0 Å². The van der Waals surface area contributed by atoms with E-state index in [0.29, 0.717) is 23.0 Å². The van der Waals surface area contributed by atoms with Gasteiger partial charge in [-0.05, 0) is 112 Å². The predicted molar refractivity (Wildman–Crippen MR) is 119 cm³/mol. The van der Waals surface area contributed by atoms with Gasteiger partial charge in [-0.15, -0.1) is 0 Å². The first kappa shape index (κ1) is 21.3. The SMILES string of the molecule is CC(C)=CC[C@H](O)[C@@H](C)[C@H]1CC[C@H]2[C@@H]3CCC4=CC(=O)CC[C@]4(C)[C@H]3CC[C@]12C. The van der Waals surface area contributed by atoms with Crippen molar-refractivity contribution in [3.8, 4) is 0 Å². The molecular weight excluding hydrogens is 356 g/mol. The second-order valence-corrected chi connectivity index (χ2v) is 11.6. The molecule has 0 bridgehead atoms. The van der Waals surface area contributed by atoms with Crippen LogP contribution >= 0.6 is 0 Å². The average Bonchev–Trinajstić information content (AvgIpc) is 3.03. The van der Waals surface area contributed by atoms with E-state index in [1.54, 1.807) is 0 Å². The molecule has 4 rings (SSSR count). The van der Waals surface area contributed by atoms with Crippen molar-refractivity contribution in [2.24, 2.45) is 40.4 Å². The Labute approximate surface area is 178 Å². The molecule has 0 aromatic rings. The third-order valence-electron chi connectivity index (χ3n) is 10.0. The van der Waals surface area contributed by atoms with Crippen LogP contribution in [-0.4, -0.2) is 17.0 Å². The Morgan fingerprint density at radius 3 is 2.62 bits per heavy atom. The van der Waals surface area contributed by atoms with E-state index >= 15 is 0 Å². The molecule has 3 fully saturated rings. The summed E-state index contributed by atoms with van der Waals surface area (Å²) in [6, 6.07) is 0. The molecule has 0 heterocycles. The summed E-state index contributed by atoms with van der Waals surface area (Å²) >= 11 is 0. The van der Waals surface area contributed by atoms with Crippen LogP contribution in [0.5, 0.6) is 0 Å². The highest BCUT2D eigenvalue weighted by Crippen LogP contribution is 2.67. The van der Waals surface area contributed by atoms with Gasteiger partial charge in [-0.3, -0.25) is 4.79 Å². The Bertz CT molecular complexity index is 714. The van der Waals surface area contributed by atoms with E-state index in [4.69, 9.17) is 0 Å². The van der Waals surface area contributed by atoms with Crippen molar-refractivity contribution in [2.75, 3.05) is 0 Å². The summed E-state index contributed by atoms with van der Waals surface area (Å²) in [5.74, 6) is 3.76. The van der Waals surface area contributed by atoms with E-state index in [2.05, 4.69) is 40.7 Å². The number of rotatable bonds is 4. The average molecular weight is 399 g/mol. The molecule has 2 nitrogen and oxygen atoms in total. The molecule has 0 radical (unpaired) electrons. The van der Waals surface area contributed by atoms with Crippen molar-refractivity contribution in [3.05, 3.63) is 23.3 Å². The highest BCUT2D eigenvalue weighted by atomic mass is 16.3. The Morgan fingerprint density at radius 2 is 1.90 bits per heavy atom. The maximum absolute atomic E-state index is 12.0. The van der Waals surface area contributed by atoms with Crippen molar-refractivity contribution >= 4 is 5.78 Å². The van der Waals surface area contributed by atoms with Gasteiger partial charge < -0.3 is 5.11 Å². The zero-order valence-electron chi connectivity index (χ0n) is 19.3. The molecular formula is C27H42O2.